The van der Waals surface area contributed by atoms with E-state index in [0.717, 1.165) is 0 Å². The van der Waals surface area contributed by atoms with Crippen molar-refractivity contribution in [3.8, 4) is 0 Å². The Bertz CT molecular complexity index is 575. The van der Waals surface area contributed by atoms with Crippen LogP contribution in [0.25, 0.3) is 0 Å². The molecule has 0 aliphatic rings. The average Bonchev–Trinajstić information content (AvgIpc) is 2.98. The van der Waals surface area contributed by atoms with Crippen LogP contribution >= 0.6 is 0 Å². The molecule has 0 amide bonds. The first-order valence-electron chi connectivity index (χ1n) is 6.04. The zero-order valence-corrected chi connectivity index (χ0v) is 11.1. The number of aryl methyl sites for hydroxylation is 1. The molecule has 0 radical (unpaired) electrons. The van der Waals surface area contributed by atoms with Crippen molar-refractivity contribution in [2.45, 2.75) is 33.7 Å². The fourth-order valence-corrected chi connectivity index (χ4v) is 1.52. The number of hydrogen-bond donors (Lipinski definition) is 0. The van der Waals surface area contributed by atoms with Gasteiger partial charge in [0.15, 0.2) is 5.69 Å². The van der Waals surface area contributed by atoms with Gasteiger partial charge in [-0.2, -0.15) is 0 Å². The Labute approximate surface area is 109 Å². The number of aromatic nitrogens is 5. The Morgan fingerprint density at radius 1 is 1.26 bits per heavy atom. The summed E-state index contributed by atoms with van der Waals surface area (Å²) in [6.45, 7) is 5.99. The molecular weight excluding hydrogens is 250 g/mol. The summed E-state index contributed by atoms with van der Waals surface area (Å²) < 4.78 is 11.8. The highest BCUT2D eigenvalue weighted by molar-refractivity contribution is 5.88. The molecule has 0 aliphatic carbocycles. The Morgan fingerprint density at radius 3 is 2.63 bits per heavy atom. The van der Waals surface area contributed by atoms with Crippen LogP contribution in [-0.4, -0.2) is 37.8 Å². The second-order valence-electron chi connectivity index (χ2n) is 3.84. The van der Waals surface area contributed by atoms with E-state index in [4.69, 9.17) is 9.15 Å². The second-order valence-corrected chi connectivity index (χ2v) is 3.84. The van der Waals surface area contributed by atoms with E-state index in [0.29, 0.717) is 30.5 Å². The third-order valence-corrected chi connectivity index (χ3v) is 2.55. The van der Waals surface area contributed by atoms with E-state index in [1.807, 2.05) is 6.92 Å². The van der Waals surface area contributed by atoms with Gasteiger partial charge in [-0.3, -0.25) is 0 Å². The number of ether oxygens (including phenoxy) is 1. The van der Waals surface area contributed by atoms with Crippen molar-refractivity contribution in [1.29, 1.82) is 0 Å². The summed E-state index contributed by atoms with van der Waals surface area (Å²) in [4.78, 5) is 11.6. The normalized spacial score (nSPS) is 10.7. The Balaban J connectivity index is 2.15. The lowest BCUT2D eigenvalue weighted by molar-refractivity contribution is 0.0518. The lowest BCUT2D eigenvalue weighted by Crippen LogP contribution is -2.09. The lowest BCUT2D eigenvalue weighted by atomic mass is 10.3. The number of carbonyl (C=O) groups excluding carboxylic acids is 1. The molecule has 2 aromatic heterocycles. The van der Waals surface area contributed by atoms with Gasteiger partial charge >= 0.3 is 5.97 Å². The summed E-state index contributed by atoms with van der Waals surface area (Å²) >= 11 is 0. The highest BCUT2D eigenvalue weighted by Gasteiger charge is 2.18. The minimum Gasteiger partial charge on any atom is -0.461 e. The van der Waals surface area contributed by atoms with Crippen molar-refractivity contribution in [1.82, 2.24) is 25.2 Å². The van der Waals surface area contributed by atoms with Crippen LogP contribution in [0.4, 0.5) is 0 Å². The number of carbonyl (C=O) groups is 1. The van der Waals surface area contributed by atoms with E-state index in [2.05, 4.69) is 20.5 Å². The quantitative estimate of drug-likeness (QED) is 0.736. The lowest BCUT2D eigenvalue weighted by Gasteiger charge is -2.00. The molecule has 2 rings (SSSR count). The third kappa shape index (κ3) is 2.78. The summed E-state index contributed by atoms with van der Waals surface area (Å²) in [7, 11) is 0. The van der Waals surface area contributed by atoms with Gasteiger partial charge in [0.05, 0.1) is 12.3 Å². The monoisotopic (exact) mass is 265 g/mol. The summed E-state index contributed by atoms with van der Waals surface area (Å²) in [5.74, 6) is 0.518. The molecule has 0 aromatic carbocycles. The minimum atomic E-state index is -0.481. The maximum Gasteiger partial charge on any atom is 0.360 e. The summed E-state index contributed by atoms with van der Waals surface area (Å²) in [6, 6.07) is 0. The molecule has 102 valence electrons. The molecule has 0 N–H and O–H groups in total. The van der Waals surface area contributed by atoms with Gasteiger partial charge in [0.2, 0.25) is 11.8 Å². The second kappa shape index (κ2) is 5.59. The largest absolute Gasteiger partial charge is 0.461 e. The van der Waals surface area contributed by atoms with Crippen LogP contribution in [0.1, 0.15) is 41.8 Å². The van der Waals surface area contributed by atoms with Crippen molar-refractivity contribution in [2.75, 3.05) is 6.61 Å². The molecular formula is C11H15N5O3. The summed E-state index contributed by atoms with van der Waals surface area (Å²) in [6.07, 6.45) is 0.678. The maximum absolute atomic E-state index is 11.6. The molecule has 0 spiro atoms. The zero-order valence-electron chi connectivity index (χ0n) is 11.1. The molecule has 19 heavy (non-hydrogen) atoms. The molecule has 0 atom stereocenters. The van der Waals surface area contributed by atoms with Crippen LogP contribution in [0.2, 0.25) is 0 Å². The number of hydrogen-bond acceptors (Lipinski definition) is 7. The summed E-state index contributed by atoms with van der Waals surface area (Å²) in [5.41, 5.74) is 0.812. The van der Waals surface area contributed by atoms with Gasteiger partial charge in [0.1, 0.15) is 6.54 Å². The van der Waals surface area contributed by atoms with Gasteiger partial charge in [-0.05, 0) is 13.8 Å². The van der Waals surface area contributed by atoms with Crippen molar-refractivity contribution in [3.63, 3.8) is 0 Å². The van der Waals surface area contributed by atoms with Crippen LogP contribution in [0.3, 0.4) is 0 Å². The fraction of sp³-hybridized carbons (Fsp3) is 0.545. The molecule has 0 bridgehead atoms. The van der Waals surface area contributed by atoms with Crippen molar-refractivity contribution >= 4 is 5.97 Å². The predicted molar refractivity (Wildman–Crippen MR) is 63.5 cm³/mol. The molecule has 8 heteroatoms. The highest BCUT2D eigenvalue weighted by atomic mass is 16.5. The first kappa shape index (κ1) is 13.2. The summed E-state index contributed by atoms with van der Waals surface area (Å²) in [5, 5.41) is 15.4. The van der Waals surface area contributed by atoms with Crippen molar-refractivity contribution in [3.05, 3.63) is 23.2 Å². The van der Waals surface area contributed by atoms with E-state index in [1.54, 1.807) is 13.8 Å². The Kier molecular flexibility index (Phi) is 3.88. The van der Waals surface area contributed by atoms with E-state index >= 15 is 0 Å². The average molecular weight is 265 g/mol. The number of esters is 1. The van der Waals surface area contributed by atoms with Crippen LogP contribution in [0, 0.1) is 6.92 Å². The maximum atomic E-state index is 11.6. The minimum absolute atomic E-state index is 0.206. The molecule has 2 heterocycles. The van der Waals surface area contributed by atoms with Crippen molar-refractivity contribution in [2.24, 2.45) is 0 Å². The van der Waals surface area contributed by atoms with Crippen LogP contribution in [0.5, 0.6) is 0 Å². The Morgan fingerprint density at radius 2 is 2.00 bits per heavy atom. The molecule has 0 unspecified atom stereocenters. The van der Waals surface area contributed by atoms with Gasteiger partial charge < -0.3 is 9.15 Å². The van der Waals surface area contributed by atoms with Crippen LogP contribution in [0.15, 0.2) is 4.42 Å². The fourth-order valence-electron chi connectivity index (χ4n) is 1.52. The van der Waals surface area contributed by atoms with Gasteiger partial charge in [0, 0.05) is 6.42 Å². The zero-order chi connectivity index (χ0) is 13.8. The van der Waals surface area contributed by atoms with Crippen molar-refractivity contribution < 1.29 is 13.9 Å². The van der Waals surface area contributed by atoms with Gasteiger partial charge in [-0.15, -0.1) is 15.3 Å². The third-order valence-electron chi connectivity index (χ3n) is 2.55. The first-order valence-corrected chi connectivity index (χ1v) is 6.04. The van der Waals surface area contributed by atoms with Gasteiger partial charge in [-0.25, -0.2) is 9.48 Å². The Hall–Kier alpha value is -2.25. The van der Waals surface area contributed by atoms with E-state index in [1.165, 1.54) is 4.68 Å². The van der Waals surface area contributed by atoms with Crippen LogP contribution < -0.4 is 0 Å². The van der Waals surface area contributed by atoms with Crippen LogP contribution in [-0.2, 0) is 17.7 Å². The molecule has 0 saturated heterocycles. The van der Waals surface area contributed by atoms with E-state index < -0.39 is 5.97 Å². The molecule has 0 fully saturated rings. The van der Waals surface area contributed by atoms with E-state index in [9.17, 15) is 4.79 Å². The number of nitrogens with zero attached hydrogens (tertiary/aromatic N) is 5. The van der Waals surface area contributed by atoms with E-state index in [-0.39, 0.29) is 12.2 Å². The first-order chi connectivity index (χ1) is 9.15. The molecule has 2 aromatic rings. The molecule has 0 aliphatic heterocycles. The highest BCUT2D eigenvalue weighted by Crippen LogP contribution is 2.09. The smallest absolute Gasteiger partial charge is 0.360 e. The van der Waals surface area contributed by atoms with Gasteiger partial charge in [0.25, 0.3) is 0 Å². The molecule has 0 saturated carbocycles. The van der Waals surface area contributed by atoms with Gasteiger partial charge in [-0.1, -0.05) is 12.1 Å². The number of rotatable bonds is 5. The SMILES string of the molecule is CCOC(=O)c1nnn(Cc2nnc(CC)o2)c1C. The molecule has 8 nitrogen and oxygen atoms in total. The topological polar surface area (TPSA) is 95.9 Å². The predicted octanol–water partition coefficient (Wildman–Crippen LogP) is 0.757. The standard InChI is InChI=1S/C11H15N5O3/c1-4-8-12-13-9(19-8)6-16-7(3)10(14-15-16)11(17)18-5-2/h4-6H2,1-3H3.